The minimum absolute atomic E-state index is 0.156. The predicted octanol–water partition coefficient (Wildman–Crippen LogP) is 7.15. The molecule has 2 unspecified atom stereocenters. The lowest BCUT2D eigenvalue weighted by atomic mass is 9.94. The molecule has 0 saturated carbocycles. The molecule has 6 heteroatoms. The molecule has 208 valence electrons. The van der Waals surface area contributed by atoms with Crippen LogP contribution < -0.4 is 0 Å². The van der Waals surface area contributed by atoms with E-state index in [-0.39, 0.29) is 23.7 Å². The number of hydrogen-bond acceptors (Lipinski definition) is 4. The van der Waals surface area contributed by atoms with Crippen LogP contribution in [0.15, 0.2) is 46.6 Å². The Bertz CT molecular complexity index is 792. The van der Waals surface area contributed by atoms with Crippen LogP contribution in [0.5, 0.6) is 0 Å². The molecule has 2 rings (SSSR count). The Labute approximate surface area is 235 Å². The second-order valence-electron chi connectivity index (χ2n) is 10.9. The van der Waals surface area contributed by atoms with Crippen LogP contribution >= 0.6 is 23.5 Å². The van der Waals surface area contributed by atoms with Crippen LogP contribution in [0.3, 0.4) is 0 Å². The highest BCUT2D eigenvalue weighted by Gasteiger charge is 2.23. The zero-order chi connectivity index (χ0) is 27.2. The van der Waals surface area contributed by atoms with Gasteiger partial charge in [0.2, 0.25) is 11.8 Å². The number of likely N-dealkylation sites (tertiary alicyclic amines) is 2. The van der Waals surface area contributed by atoms with Crippen molar-refractivity contribution in [2.45, 2.75) is 72.6 Å². The smallest absolute Gasteiger partial charge is 0.229 e. The molecular formula is C31H50N2O2S2. The molecule has 2 heterocycles. The quantitative estimate of drug-likeness (QED) is 0.244. The molecule has 0 spiro atoms. The first-order valence-corrected chi connectivity index (χ1v) is 16.8. The summed E-state index contributed by atoms with van der Waals surface area (Å²) in [6, 6.07) is 0. The first-order valence-electron chi connectivity index (χ1n) is 14.1. The normalized spacial score (nSPS) is 20.2. The molecule has 0 aromatic carbocycles. The van der Waals surface area contributed by atoms with Crippen molar-refractivity contribution in [3.8, 4) is 0 Å². The Balaban J connectivity index is 2.35. The van der Waals surface area contributed by atoms with E-state index >= 15 is 0 Å². The lowest BCUT2D eigenvalue weighted by Crippen LogP contribution is -2.38. The number of piperidine rings is 2. The van der Waals surface area contributed by atoms with Gasteiger partial charge in [0.25, 0.3) is 0 Å². The third kappa shape index (κ3) is 11.5. The second-order valence-corrected chi connectivity index (χ2v) is 12.6. The maximum atomic E-state index is 13.2. The number of nitrogens with zero attached hydrogens (tertiary/aromatic N) is 2. The summed E-state index contributed by atoms with van der Waals surface area (Å²) in [6.07, 6.45) is 20.7. The maximum Gasteiger partial charge on any atom is 0.229 e. The van der Waals surface area contributed by atoms with Crippen LogP contribution in [0, 0.1) is 11.8 Å². The van der Waals surface area contributed by atoms with E-state index in [0.29, 0.717) is 0 Å². The summed E-state index contributed by atoms with van der Waals surface area (Å²) in [4.78, 5) is 30.5. The van der Waals surface area contributed by atoms with Gasteiger partial charge in [-0.3, -0.25) is 9.59 Å². The number of hydrogen-bond donors (Lipinski definition) is 0. The van der Waals surface area contributed by atoms with E-state index in [9.17, 15) is 9.59 Å². The van der Waals surface area contributed by atoms with Gasteiger partial charge in [0.15, 0.2) is 0 Å². The summed E-state index contributed by atoms with van der Waals surface area (Å²) < 4.78 is 0. The molecule has 2 aliphatic rings. The van der Waals surface area contributed by atoms with Crippen molar-refractivity contribution < 1.29 is 9.59 Å². The second kappa shape index (κ2) is 17.2. The van der Waals surface area contributed by atoms with E-state index in [1.54, 1.807) is 0 Å². The Hall–Kier alpha value is -1.40. The van der Waals surface area contributed by atoms with Gasteiger partial charge in [-0.15, -0.1) is 0 Å². The minimum Gasteiger partial charge on any atom is -0.342 e. The Morgan fingerprint density at radius 3 is 1.35 bits per heavy atom. The summed E-state index contributed by atoms with van der Waals surface area (Å²) >= 11 is 3.63. The molecular weight excluding hydrogens is 496 g/mol. The third-order valence-electron chi connectivity index (χ3n) is 7.06. The summed E-state index contributed by atoms with van der Waals surface area (Å²) in [5.74, 6) is 2.10. The molecule has 0 radical (unpaired) electrons. The Morgan fingerprint density at radius 1 is 0.676 bits per heavy atom. The van der Waals surface area contributed by atoms with Crippen LogP contribution in [0.2, 0.25) is 0 Å². The zero-order valence-corrected chi connectivity index (χ0v) is 25.8. The van der Waals surface area contributed by atoms with Gasteiger partial charge in [-0.25, -0.2) is 0 Å². The lowest BCUT2D eigenvalue weighted by molar-refractivity contribution is -0.135. The van der Waals surface area contributed by atoms with Crippen molar-refractivity contribution in [3.05, 3.63) is 46.6 Å². The van der Waals surface area contributed by atoms with Crippen molar-refractivity contribution in [1.82, 2.24) is 9.80 Å². The molecule has 4 nitrogen and oxygen atoms in total. The van der Waals surface area contributed by atoms with Gasteiger partial charge in [0.1, 0.15) is 0 Å². The number of carbonyl (C=O) groups is 2. The number of thioether (sulfide) groups is 2. The number of carbonyl (C=O) groups excluding carboxylic acids is 2. The van der Waals surface area contributed by atoms with Crippen molar-refractivity contribution in [1.29, 1.82) is 0 Å². The van der Waals surface area contributed by atoms with Gasteiger partial charge < -0.3 is 9.80 Å². The Morgan fingerprint density at radius 2 is 1.03 bits per heavy atom. The van der Waals surface area contributed by atoms with Gasteiger partial charge in [0, 0.05) is 37.7 Å². The zero-order valence-electron chi connectivity index (χ0n) is 24.2. The predicted molar refractivity (Wildman–Crippen MR) is 164 cm³/mol. The van der Waals surface area contributed by atoms with E-state index in [4.69, 9.17) is 0 Å². The summed E-state index contributed by atoms with van der Waals surface area (Å²) in [7, 11) is 0. The number of rotatable bonds is 12. The molecule has 2 fully saturated rings. The van der Waals surface area contributed by atoms with Crippen molar-refractivity contribution in [3.63, 3.8) is 0 Å². The van der Waals surface area contributed by atoms with E-state index in [2.05, 4.69) is 50.7 Å². The first-order chi connectivity index (χ1) is 17.7. The van der Waals surface area contributed by atoms with Crippen LogP contribution in [0.4, 0.5) is 0 Å². The summed E-state index contributed by atoms with van der Waals surface area (Å²) in [5, 5.41) is 0. The fourth-order valence-electron chi connectivity index (χ4n) is 5.31. The molecule has 0 N–H and O–H groups in total. The topological polar surface area (TPSA) is 40.6 Å². The van der Waals surface area contributed by atoms with E-state index in [1.807, 2.05) is 47.2 Å². The largest absolute Gasteiger partial charge is 0.342 e. The van der Waals surface area contributed by atoms with Crippen molar-refractivity contribution >= 4 is 35.3 Å². The maximum absolute atomic E-state index is 13.2. The van der Waals surface area contributed by atoms with E-state index in [1.165, 1.54) is 35.1 Å². The van der Waals surface area contributed by atoms with Gasteiger partial charge in [-0.2, -0.15) is 23.5 Å². The fraction of sp³-hybridized carbons (Fsp3) is 0.677. The highest BCUT2D eigenvalue weighted by Crippen LogP contribution is 2.24. The fourth-order valence-corrected chi connectivity index (χ4v) is 6.39. The average Bonchev–Trinajstić information content (AvgIpc) is 2.88. The molecule has 0 bridgehead atoms. The van der Waals surface area contributed by atoms with Gasteiger partial charge in [0.05, 0.1) is 11.8 Å². The van der Waals surface area contributed by atoms with Gasteiger partial charge in [-0.05, 0) is 82.5 Å². The van der Waals surface area contributed by atoms with E-state index < -0.39 is 0 Å². The number of amides is 2. The molecule has 0 aromatic rings. The Kier molecular flexibility index (Phi) is 14.8. The van der Waals surface area contributed by atoms with Gasteiger partial charge >= 0.3 is 0 Å². The summed E-state index contributed by atoms with van der Waals surface area (Å²) in [6.45, 7) is 11.9. The molecule has 2 aliphatic heterocycles. The van der Waals surface area contributed by atoms with Gasteiger partial charge in [-0.1, -0.05) is 49.3 Å². The molecule has 2 saturated heterocycles. The first kappa shape index (κ1) is 31.8. The molecule has 0 aliphatic carbocycles. The number of allylic oxidation sites excluding steroid dienone is 4. The summed E-state index contributed by atoms with van der Waals surface area (Å²) in [5.41, 5.74) is 4.94. The average molecular weight is 547 g/mol. The van der Waals surface area contributed by atoms with Crippen LogP contribution in [-0.4, -0.2) is 71.8 Å². The molecule has 37 heavy (non-hydrogen) atoms. The highest BCUT2D eigenvalue weighted by atomic mass is 32.2. The lowest BCUT2D eigenvalue weighted by Gasteiger charge is -2.29. The van der Waals surface area contributed by atoms with Crippen molar-refractivity contribution in [2.75, 3.05) is 50.2 Å². The highest BCUT2D eigenvalue weighted by molar-refractivity contribution is 7.98. The third-order valence-corrected chi connectivity index (χ3v) is 8.55. The van der Waals surface area contributed by atoms with Crippen LogP contribution in [-0.2, 0) is 9.59 Å². The SMILES string of the molecule is CSC/C(C)=C/C(=C\C(C)C(=O)N1CCCCC1)CC(=C/C(C)C(=O)N1CCCCC1)/C=C(\C)CSC. The molecule has 2 atom stereocenters. The van der Waals surface area contributed by atoms with E-state index in [0.717, 1.165) is 69.8 Å². The van der Waals surface area contributed by atoms with Crippen LogP contribution in [0.1, 0.15) is 72.6 Å². The van der Waals surface area contributed by atoms with Crippen molar-refractivity contribution in [2.24, 2.45) is 11.8 Å². The standard InChI is InChI=1S/C31H50N2O2S2/c1-24(22-36-5)17-28(19-26(3)30(34)32-13-9-7-10-14-32)21-29(18-25(2)23-37-6)20-27(4)31(35)33-15-11-8-12-16-33/h17-20,26-27H,7-16,21-23H2,1-6H3/b24-17+,25-18+,28-19+,29-20+. The minimum atomic E-state index is -0.156. The van der Waals surface area contributed by atoms with Crippen LogP contribution in [0.25, 0.3) is 0 Å². The monoisotopic (exact) mass is 546 g/mol. The molecule has 0 aromatic heterocycles. The molecule has 2 amide bonds.